The number of likely N-dealkylation sites (tertiary alicyclic amines) is 1. The van der Waals surface area contributed by atoms with Crippen LogP contribution in [0.4, 0.5) is 0 Å². The molecule has 6 heteroatoms. The highest BCUT2D eigenvalue weighted by Crippen LogP contribution is 2.26. The summed E-state index contributed by atoms with van der Waals surface area (Å²) in [6.07, 6.45) is 3.15. The molecular formula is C15H18BrClN2O2. The maximum absolute atomic E-state index is 12.6. The zero-order chi connectivity index (χ0) is 14.1. The van der Waals surface area contributed by atoms with Gasteiger partial charge in [-0.25, -0.2) is 0 Å². The van der Waals surface area contributed by atoms with E-state index in [2.05, 4.69) is 15.9 Å². The van der Waals surface area contributed by atoms with Crippen LogP contribution in [0.1, 0.15) is 29.8 Å². The zero-order valence-corrected chi connectivity index (χ0v) is 14.0. The van der Waals surface area contributed by atoms with Gasteiger partial charge in [-0.1, -0.05) is 15.9 Å². The molecule has 0 spiro atoms. The molecule has 114 valence electrons. The molecular weight excluding hydrogens is 356 g/mol. The van der Waals surface area contributed by atoms with E-state index in [1.807, 2.05) is 29.2 Å². The van der Waals surface area contributed by atoms with Gasteiger partial charge < -0.3 is 15.1 Å². The number of piperidine rings is 1. The van der Waals surface area contributed by atoms with Crippen molar-refractivity contribution in [3.05, 3.63) is 34.5 Å². The highest BCUT2D eigenvalue weighted by molar-refractivity contribution is 9.10. The van der Waals surface area contributed by atoms with Crippen LogP contribution in [-0.4, -0.2) is 29.9 Å². The Balaban J connectivity index is 0.00000161. The third-order valence-electron chi connectivity index (χ3n) is 3.85. The lowest BCUT2D eigenvalue weighted by Crippen LogP contribution is -2.47. The molecule has 1 aliphatic heterocycles. The molecule has 4 nitrogen and oxygen atoms in total. The number of benzene rings is 1. The predicted molar refractivity (Wildman–Crippen MR) is 88.9 cm³/mol. The van der Waals surface area contributed by atoms with Crippen LogP contribution < -0.4 is 5.73 Å². The molecule has 0 aliphatic carbocycles. The lowest BCUT2D eigenvalue weighted by molar-refractivity contribution is 0.0593. The van der Waals surface area contributed by atoms with Crippen molar-refractivity contribution in [1.29, 1.82) is 0 Å². The highest BCUT2D eigenvalue weighted by Gasteiger charge is 2.28. The van der Waals surface area contributed by atoms with Crippen molar-refractivity contribution in [3.63, 3.8) is 0 Å². The van der Waals surface area contributed by atoms with E-state index in [4.69, 9.17) is 10.2 Å². The van der Waals surface area contributed by atoms with Gasteiger partial charge in [-0.15, -0.1) is 12.4 Å². The average Bonchev–Trinajstić information content (AvgIpc) is 2.89. The molecule has 1 saturated heterocycles. The fraction of sp³-hybridized carbons (Fsp3) is 0.400. The summed E-state index contributed by atoms with van der Waals surface area (Å²) in [5.74, 6) is 0.353. The summed E-state index contributed by atoms with van der Waals surface area (Å²) >= 11 is 3.42. The molecule has 21 heavy (non-hydrogen) atoms. The number of carbonyl (C=O) groups is 1. The van der Waals surface area contributed by atoms with Crippen molar-refractivity contribution < 1.29 is 9.21 Å². The molecule has 1 aliphatic rings. The van der Waals surface area contributed by atoms with Crippen molar-refractivity contribution in [3.8, 4) is 0 Å². The summed E-state index contributed by atoms with van der Waals surface area (Å²) < 4.78 is 6.65. The Kier molecular flexibility index (Phi) is 5.30. The van der Waals surface area contributed by atoms with Gasteiger partial charge in [0.25, 0.3) is 5.91 Å². The number of nitrogens with zero attached hydrogens (tertiary/aromatic N) is 1. The average molecular weight is 374 g/mol. The Morgan fingerprint density at radius 3 is 2.95 bits per heavy atom. The van der Waals surface area contributed by atoms with Crippen molar-refractivity contribution in [1.82, 2.24) is 4.90 Å². The second kappa shape index (κ2) is 6.81. The van der Waals surface area contributed by atoms with Gasteiger partial charge >= 0.3 is 0 Å². The molecule has 0 radical (unpaired) electrons. The summed E-state index contributed by atoms with van der Waals surface area (Å²) in [5.41, 5.74) is 6.51. The van der Waals surface area contributed by atoms with Gasteiger partial charge in [0, 0.05) is 29.0 Å². The monoisotopic (exact) mass is 372 g/mol. The Labute approximate surface area is 138 Å². The summed E-state index contributed by atoms with van der Waals surface area (Å²) in [5, 5.41) is 0.934. The first-order chi connectivity index (χ1) is 9.69. The molecule has 3 rings (SSSR count). The normalized spacial score (nSPS) is 18.6. The summed E-state index contributed by atoms with van der Waals surface area (Å²) in [7, 11) is 0. The number of rotatable bonds is 2. The number of carbonyl (C=O) groups excluding carboxylic acids is 1. The van der Waals surface area contributed by atoms with Gasteiger partial charge in [-0.2, -0.15) is 0 Å². The molecule has 1 atom stereocenters. The molecule has 1 aromatic carbocycles. The van der Waals surface area contributed by atoms with Gasteiger partial charge in [-0.05, 0) is 43.5 Å². The van der Waals surface area contributed by atoms with Gasteiger partial charge in [0.1, 0.15) is 5.58 Å². The van der Waals surface area contributed by atoms with Gasteiger partial charge in [0.2, 0.25) is 0 Å². The molecule has 0 saturated carbocycles. The van der Waals surface area contributed by atoms with Crippen LogP contribution in [0.15, 0.2) is 33.2 Å². The van der Waals surface area contributed by atoms with Crippen molar-refractivity contribution >= 4 is 45.2 Å². The second-order valence-electron chi connectivity index (χ2n) is 5.18. The van der Waals surface area contributed by atoms with E-state index in [1.165, 1.54) is 0 Å². The van der Waals surface area contributed by atoms with E-state index in [-0.39, 0.29) is 24.4 Å². The smallest absolute Gasteiger partial charge is 0.289 e. The minimum Gasteiger partial charge on any atom is -0.451 e. The number of fused-ring (bicyclic) bond motifs is 1. The molecule has 2 heterocycles. The quantitative estimate of drug-likeness (QED) is 0.875. The van der Waals surface area contributed by atoms with Crippen LogP contribution in [0, 0.1) is 0 Å². The van der Waals surface area contributed by atoms with Gasteiger partial charge in [-0.3, -0.25) is 4.79 Å². The molecule has 2 N–H and O–H groups in total. The Morgan fingerprint density at radius 1 is 1.38 bits per heavy atom. The second-order valence-corrected chi connectivity index (χ2v) is 6.09. The lowest BCUT2D eigenvalue weighted by atomic mass is 10.0. The first-order valence-corrected chi connectivity index (χ1v) is 7.68. The fourth-order valence-electron chi connectivity index (χ4n) is 2.77. The number of furan rings is 1. The maximum atomic E-state index is 12.6. The minimum absolute atomic E-state index is 0. The van der Waals surface area contributed by atoms with E-state index in [1.54, 1.807) is 0 Å². The Hall–Kier alpha value is -1.04. The van der Waals surface area contributed by atoms with Crippen LogP contribution in [0.25, 0.3) is 11.0 Å². The zero-order valence-electron chi connectivity index (χ0n) is 11.5. The third kappa shape index (κ3) is 3.25. The number of hydrogen-bond acceptors (Lipinski definition) is 3. The van der Waals surface area contributed by atoms with E-state index in [0.29, 0.717) is 12.3 Å². The summed E-state index contributed by atoms with van der Waals surface area (Å²) in [6, 6.07) is 7.67. The lowest BCUT2D eigenvalue weighted by Gasteiger charge is -2.34. The van der Waals surface area contributed by atoms with E-state index >= 15 is 0 Å². The van der Waals surface area contributed by atoms with E-state index < -0.39 is 0 Å². The minimum atomic E-state index is -0.0486. The summed E-state index contributed by atoms with van der Waals surface area (Å²) in [4.78, 5) is 14.4. The standard InChI is InChI=1S/C15H17BrN2O2.ClH/c16-11-4-5-13-10(7-11)8-14(20-13)15(19)18-6-2-1-3-12(18)9-17;/h4-5,7-8,12H,1-3,6,9,17H2;1H. The van der Waals surface area contributed by atoms with Gasteiger partial charge in [0.15, 0.2) is 5.76 Å². The van der Waals surface area contributed by atoms with E-state index in [9.17, 15) is 4.79 Å². The molecule has 1 unspecified atom stereocenters. The van der Waals surface area contributed by atoms with Crippen LogP contribution in [0.2, 0.25) is 0 Å². The summed E-state index contributed by atoms with van der Waals surface area (Å²) in [6.45, 7) is 1.28. The molecule has 0 bridgehead atoms. The van der Waals surface area contributed by atoms with Crippen LogP contribution in [0.3, 0.4) is 0 Å². The topological polar surface area (TPSA) is 59.5 Å². The van der Waals surface area contributed by atoms with Gasteiger partial charge in [0.05, 0.1) is 0 Å². The fourth-order valence-corrected chi connectivity index (χ4v) is 3.15. The van der Waals surface area contributed by atoms with Crippen LogP contribution in [0.5, 0.6) is 0 Å². The first-order valence-electron chi connectivity index (χ1n) is 6.89. The number of amides is 1. The molecule has 1 fully saturated rings. The molecule has 1 aromatic heterocycles. The number of hydrogen-bond donors (Lipinski definition) is 1. The predicted octanol–water partition coefficient (Wildman–Crippen LogP) is 3.57. The van der Waals surface area contributed by atoms with Crippen molar-refractivity contribution in [2.24, 2.45) is 5.73 Å². The maximum Gasteiger partial charge on any atom is 0.289 e. The first kappa shape index (κ1) is 16.3. The SMILES string of the molecule is Cl.NCC1CCCCN1C(=O)c1cc2cc(Br)ccc2o1. The number of nitrogens with two attached hydrogens (primary N) is 1. The van der Waals surface area contributed by atoms with Crippen LogP contribution >= 0.6 is 28.3 Å². The van der Waals surface area contributed by atoms with Crippen LogP contribution in [-0.2, 0) is 0 Å². The van der Waals surface area contributed by atoms with Crippen molar-refractivity contribution in [2.45, 2.75) is 25.3 Å². The Morgan fingerprint density at radius 2 is 2.19 bits per heavy atom. The highest BCUT2D eigenvalue weighted by atomic mass is 79.9. The largest absolute Gasteiger partial charge is 0.451 e. The van der Waals surface area contributed by atoms with Crippen molar-refractivity contribution in [2.75, 3.05) is 13.1 Å². The number of halogens is 2. The third-order valence-corrected chi connectivity index (χ3v) is 4.34. The molecule has 2 aromatic rings. The Bertz CT molecular complexity index is 644. The van der Waals surface area contributed by atoms with E-state index in [0.717, 1.165) is 41.2 Å². The molecule has 1 amide bonds.